The molecule has 34 heavy (non-hydrogen) atoms. The van der Waals surface area contributed by atoms with Crippen molar-refractivity contribution < 1.29 is 14.7 Å². The molecule has 0 aliphatic carbocycles. The maximum absolute atomic E-state index is 12.9. The lowest BCUT2D eigenvalue weighted by Crippen LogP contribution is -2.09. The predicted octanol–water partition coefficient (Wildman–Crippen LogP) is 5.05. The van der Waals surface area contributed by atoms with Crippen LogP contribution in [-0.4, -0.2) is 36.6 Å². The van der Waals surface area contributed by atoms with E-state index in [9.17, 15) is 14.7 Å². The van der Waals surface area contributed by atoms with E-state index in [1.165, 1.54) is 0 Å². The summed E-state index contributed by atoms with van der Waals surface area (Å²) < 4.78 is 1.77. The quantitative estimate of drug-likeness (QED) is 0.266. The van der Waals surface area contributed by atoms with Crippen molar-refractivity contribution in [1.82, 2.24) is 19.7 Å². The van der Waals surface area contributed by atoms with Crippen LogP contribution in [0.2, 0.25) is 0 Å². The summed E-state index contributed by atoms with van der Waals surface area (Å²) >= 11 is 0. The van der Waals surface area contributed by atoms with Crippen LogP contribution in [0.25, 0.3) is 11.3 Å². The van der Waals surface area contributed by atoms with Gasteiger partial charge in [0.25, 0.3) is 0 Å². The molecule has 1 N–H and O–H groups in total. The normalized spacial score (nSPS) is 10.9. The van der Waals surface area contributed by atoms with E-state index in [0.717, 1.165) is 37.1 Å². The Morgan fingerprint density at radius 3 is 2.41 bits per heavy atom. The third-order valence-electron chi connectivity index (χ3n) is 5.58. The first-order valence-corrected chi connectivity index (χ1v) is 11.4. The molecule has 0 atom stereocenters. The molecule has 0 fully saturated rings. The Morgan fingerprint density at radius 1 is 0.941 bits per heavy atom. The Bertz CT molecular complexity index is 1280. The van der Waals surface area contributed by atoms with Gasteiger partial charge < -0.3 is 5.11 Å². The first kappa shape index (κ1) is 23.0. The van der Waals surface area contributed by atoms with Crippen LogP contribution in [0.4, 0.5) is 0 Å². The fourth-order valence-corrected chi connectivity index (χ4v) is 3.78. The summed E-state index contributed by atoms with van der Waals surface area (Å²) in [6, 6.07) is 19.5. The number of hydrogen-bond donors (Lipinski definition) is 1. The number of carboxylic acids is 1. The van der Waals surface area contributed by atoms with E-state index in [-0.39, 0.29) is 17.2 Å². The van der Waals surface area contributed by atoms with E-state index >= 15 is 0 Å². The SMILES string of the molecule is CCCCCc1nc(C(=O)c2ccccc2)nn1Cc1ccc(-c2ccccc2C(=O)O)nc1. The van der Waals surface area contributed by atoms with Gasteiger partial charge >= 0.3 is 5.97 Å². The van der Waals surface area contributed by atoms with Crippen molar-refractivity contribution in [3.63, 3.8) is 0 Å². The predicted molar refractivity (Wildman–Crippen MR) is 129 cm³/mol. The zero-order valence-electron chi connectivity index (χ0n) is 19.0. The van der Waals surface area contributed by atoms with Crippen molar-refractivity contribution in [2.75, 3.05) is 0 Å². The van der Waals surface area contributed by atoms with Crippen molar-refractivity contribution in [3.05, 3.63) is 101 Å². The van der Waals surface area contributed by atoms with E-state index in [1.807, 2.05) is 24.3 Å². The summed E-state index contributed by atoms with van der Waals surface area (Å²) in [5.41, 5.74) is 2.81. The number of carbonyl (C=O) groups excluding carboxylic acids is 1. The summed E-state index contributed by atoms with van der Waals surface area (Å²) in [5, 5.41) is 14.0. The molecule has 7 nitrogen and oxygen atoms in total. The van der Waals surface area contributed by atoms with Crippen LogP contribution in [0.1, 0.15) is 64.1 Å². The molecule has 2 aromatic heterocycles. The number of pyridine rings is 1. The smallest absolute Gasteiger partial charge is 0.336 e. The number of carbonyl (C=O) groups is 2. The monoisotopic (exact) mass is 454 g/mol. The topological polar surface area (TPSA) is 98.0 Å². The van der Waals surface area contributed by atoms with Gasteiger partial charge in [0, 0.05) is 23.7 Å². The minimum atomic E-state index is -0.989. The molecule has 2 aromatic carbocycles. The first-order valence-electron chi connectivity index (χ1n) is 11.4. The Hall–Kier alpha value is -4.13. The highest BCUT2D eigenvalue weighted by molar-refractivity contribution is 6.06. The molecule has 0 radical (unpaired) electrons. The van der Waals surface area contributed by atoms with Gasteiger partial charge in [0.1, 0.15) is 5.82 Å². The van der Waals surface area contributed by atoms with Crippen LogP contribution in [0.5, 0.6) is 0 Å². The van der Waals surface area contributed by atoms with Crippen LogP contribution in [0, 0.1) is 0 Å². The van der Waals surface area contributed by atoms with Gasteiger partial charge in [0.05, 0.1) is 17.8 Å². The number of aromatic carboxylic acids is 1. The number of nitrogens with zero attached hydrogens (tertiary/aromatic N) is 4. The van der Waals surface area contributed by atoms with Crippen LogP contribution in [0.3, 0.4) is 0 Å². The summed E-state index contributed by atoms with van der Waals surface area (Å²) in [6.07, 6.45) is 5.59. The first-order chi connectivity index (χ1) is 16.6. The lowest BCUT2D eigenvalue weighted by molar-refractivity contribution is 0.0697. The Kier molecular flexibility index (Phi) is 7.22. The van der Waals surface area contributed by atoms with Gasteiger partial charge in [-0.25, -0.2) is 14.5 Å². The molecule has 2 heterocycles. The van der Waals surface area contributed by atoms with Gasteiger partial charge in [-0.2, -0.15) is 0 Å². The van der Waals surface area contributed by atoms with E-state index in [0.29, 0.717) is 23.4 Å². The summed E-state index contributed by atoms with van der Waals surface area (Å²) in [4.78, 5) is 33.5. The molecule has 4 aromatic rings. The lowest BCUT2D eigenvalue weighted by Gasteiger charge is -2.08. The van der Waals surface area contributed by atoms with Gasteiger partial charge in [-0.05, 0) is 24.1 Å². The molecule has 0 aliphatic heterocycles. The number of hydrogen-bond acceptors (Lipinski definition) is 5. The number of benzene rings is 2. The third-order valence-corrected chi connectivity index (χ3v) is 5.58. The highest BCUT2D eigenvalue weighted by Crippen LogP contribution is 2.22. The van der Waals surface area contributed by atoms with E-state index < -0.39 is 5.97 Å². The van der Waals surface area contributed by atoms with Crippen molar-refractivity contribution >= 4 is 11.8 Å². The van der Waals surface area contributed by atoms with Crippen LogP contribution < -0.4 is 0 Å². The third kappa shape index (κ3) is 5.26. The van der Waals surface area contributed by atoms with Gasteiger partial charge in [-0.15, -0.1) is 5.10 Å². The molecule has 0 saturated heterocycles. The zero-order valence-corrected chi connectivity index (χ0v) is 19.0. The molecule has 4 rings (SSSR count). The minimum Gasteiger partial charge on any atom is -0.478 e. The number of rotatable bonds is 10. The van der Waals surface area contributed by atoms with Crippen LogP contribution in [-0.2, 0) is 13.0 Å². The van der Waals surface area contributed by atoms with Crippen LogP contribution in [0.15, 0.2) is 72.9 Å². The molecule has 172 valence electrons. The molecule has 0 saturated carbocycles. The second kappa shape index (κ2) is 10.7. The minimum absolute atomic E-state index is 0.192. The summed E-state index contributed by atoms with van der Waals surface area (Å²) in [5.74, 6) is -0.225. The van der Waals surface area contributed by atoms with Gasteiger partial charge in [0.2, 0.25) is 11.6 Å². The second-order valence-corrected chi connectivity index (χ2v) is 8.06. The lowest BCUT2D eigenvalue weighted by atomic mass is 10.0. The molecule has 7 heteroatoms. The summed E-state index contributed by atoms with van der Waals surface area (Å²) in [6.45, 7) is 2.56. The number of ketones is 1. The van der Waals surface area contributed by atoms with E-state index in [1.54, 1.807) is 53.3 Å². The number of carboxylic acid groups (broad SMARTS) is 1. The molecule has 0 amide bonds. The zero-order chi connectivity index (χ0) is 23.9. The fourth-order valence-electron chi connectivity index (χ4n) is 3.78. The molecule has 0 bridgehead atoms. The van der Waals surface area contributed by atoms with Crippen molar-refractivity contribution in [3.8, 4) is 11.3 Å². The number of aromatic nitrogens is 4. The molecular weight excluding hydrogens is 428 g/mol. The van der Waals surface area contributed by atoms with Gasteiger partial charge in [-0.3, -0.25) is 9.78 Å². The largest absolute Gasteiger partial charge is 0.478 e. The molecule has 0 aliphatic rings. The van der Waals surface area contributed by atoms with Crippen molar-refractivity contribution in [1.29, 1.82) is 0 Å². The maximum atomic E-state index is 12.9. The second-order valence-electron chi connectivity index (χ2n) is 8.06. The maximum Gasteiger partial charge on any atom is 0.336 e. The average Bonchev–Trinajstić information content (AvgIpc) is 3.27. The summed E-state index contributed by atoms with van der Waals surface area (Å²) in [7, 11) is 0. The standard InChI is InChI=1S/C27H26N4O3/c1-2-3-5-14-24-29-26(25(32)20-10-6-4-7-11-20)30-31(24)18-19-15-16-23(28-17-19)21-12-8-9-13-22(21)27(33)34/h4,6-13,15-17H,2-3,5,14,18H2,1H3,(H,33,34). The van der Waals surface area contributed by atoms with Crippen LogP contribution >= 0.6 is 0 Å². The van der Waals surface area contributed by atoms with Gasteiger partial charge in [0.15, 0.2) is 0 Å². The molecule has 0 unspecified atom stereocenters. The number of unbranched alkanes of at least 4 members (excludes halogenated alkanes) is 2. The Morgan fingerprint density at radius 2 is 1.71 bits per heavy atom. The van der Waals surface area contributed by atoms with E-state index in [4.69, 9.17) is 0 Å². The number of aryl methyl sites for hydroxylation is 1. The van der Waals surface area contributed by atoms with E-state index in [2.05, 4.69) is 22.0 Å². The fraction of sp³-hybridized carbons (Fsp3) is 0.222. The molecular formula is C27H26N4O3. The molecule has 0 spiro atoms. The Labute approximate surface area is 198 Å². The highest BCUT2D eigenvalue weighted by Gasteiger charge is 2.18. The average molecular weight is 455 g/mol. The highest BCUT2D eigenvalue weighted by atomic mass is 16.4. The van der Waals surface area contributed by atoms with Crippen molar-refractivity contribution in [2.45, 2.75) is 39.2 Å². The van der Waals surface area contributed by atoms with Gasteiger partial charge in [-0.1, -0.05) is 74.4 Å². The van der Waals surface area contributed by atoms with Crippen molar-refractivity contribution in [2.24, 2.45) is 0 Å². The Balaban J connectivity index is 1.59.